The predicted octanol–water partition coefficient (Wildman–Crippen LogP) is 4.37. The van der Waals surface area contributed by atoms with Crippen molar-refractivity contribution in [3.05, 3.63) is 52.5 Å². The summed E-state index contributed by atoms with van der Waals surface area (Å²) in [7, 11) is 0. The summed E-state index contributed by atoms with van der Waals surface area (Å²) in [6.45, 7) is 0. The average molecular weight is 254 g/mol. The largest absolute Gasteiger partial charge is 0.454 e. The van der Waals surface area contributed by atoms with E-state index in [1.165, 1.54) is 0 Å². The maximum Gasteiger partial charge on any atom is 0.168 e. The molecule has 82 valence electrons. The van der Waals surface area contributed by atoms with Gasteiger partial charge in [0.2, 0.25) is 0 Å². The average Bonchev–Trinajstić information content (AvgIpc) is 2.26. The molecule has 16 heavy (non-hydrogen) atoms. The van der Waals surface area contributed by atoms with Crippen LogP contribution in [0.2, 0.25) is 10.0 Å². The van der Waals surface area contributed by atoms with E-state index < -0.39 is 0 Å². The van der Waals surface area contributed by atoms with Crippen molar-refractivity contribution in [2.75, 3.05) is 5.73 Å². The number of halogens is 2. The van der Waals surface area contributed by atoms with Crippen LogP contribution < -0.4 is 10.5 Å². The quantitative estimate of drug-likeness (QED) is 0.807. The summed E-state index contributed by atoms with van der Waals surface area (Å²) in [6, 6.07) is 12.2. The second kappa shape index (κ2) is 4.64. The first-order valence-electron chi connectivity index (χ1n) is 4.64. The lowest BCUT2D eigenvalue weighted by Crippen LogP contribution is -1.92. The van der Waals surface area contributed by atoms with Crippen molar-refractivity contribution in [3.63, 3.8) is 0 Å². The van der Waals surface area contributed by atoms with Crippen LogP contribution in [0.3, 0.4) is 0 Å². The van der Waals surface area contributed by atoms with Gasteiger partial charge in [-0.1, -0.05) is 29.3 Å². The molecule has 0 bridgehead atoms. The minimum Gasteiger partial charge on any atom is -0.454 e. The van der Waals surface area contributed by atoms with Gasteiger partial charge in [0.25, 0.3) is 0 Å². The van der Waals surface area contributed by atoms with Gasteiger partial charge in [-0.25, -0.2) is 0 Å². The van der Waals surface area contributed by atoms with Crippen molar-refractivity contribution in [1.29, 1.82) is 0 Å². The highest BCUT2D eigenvalue weighted by molar-refractivity contribution is 6.32. The second-order valence-corrected chi connectivity index (χ2v) is 4.06. The van der Waals surface area contributed by atoms with Crippen molar-refractivity contribution in [2.24, 2.45) is 0 Å². The Morgan fingerprint density at radius 1 is 0.938 bits per heavy atom. The Morgan fingerprint density at radius 3 is 2.25 bits per heavy atom. The standard InChI is InChI=1S/C12H9Cl2NO/c13-8-4-6-9(7-5-8)16-12-10(14)2-1-3-11(12)15/h1-7H,15H2. The molecule has 0 radical (unpaired) electrons. The minimum absolute atomic E-state index is 0.464. The van der Waals surface area contributed by atoms with Crippen LogP contribution in [0, 0.1) is 0 Å². The highest BCUT2D eigenvalue weighted by Crippen LogP contribution is 2.34. The van der Waals surface area contributed by atoms with Crippen LogP contribution >= 0.6 is 23.2 Å². The van der Waals surface area contributed by atoms with Crippen LogP contribution in [0.5, 0.6) is 11.5 Å². The maximum absolute atomic E-state index is 5.98. The molecule has 0 spiro atoms. The Bertz CT molecular complexity index is 477. The number of para-hydroxylation sites is 1. The maximum atomic E-state index is 5.98. The fourth-order valence-electron chi connectivity index (χ4n) is 1.25. The molecule has 2 aromatic carbocycles. The molecule has 0 aliphatic carbocycles. The molecule has 2 aromatic rings. The van der Waals surface area contributed by atoms with E-state index in [9.17, 15) is 0 Å². The molecular formula is C12H9Cl2NO. The lowest BCUT2D eigenvalue weighted by molar-refractivity contribution is 0.485. The van der Waals surface area contributed by atoms with Crippen molar-refractivity contribution < 1.29 is 4.74 Å². The smallest absolute Gasteiger partial charge is 0.168 e. The number of anilines is 1. The van der Waals surface area contributed by atoms with Gasteiger partial charge in [-0.2, -0.15) is 0 Å². The topological polar surface area (TPSA) is 35.2 Å². The van der Waals surface area contributed by atoms with E-state index >= 15 is 0 Å². The van der Waals surface area contributed by atoms with E-state index in [4.69, 9.17) is 33.7 Å². The summed E-state index contributed by atoms with van der Waals surface area (Å²) in [5, 5.41) is 1.13. The van der Waals surface area contributed by atoms with Crippen LogP contribution in [0.1, 0.15) is 0 Å². The number of benzene rings is 2. The van der Waals surface area contributed by atoms with Gasteiger partial charge in [-0.3, -0.25) is 0 Å². The first kappa shape index (κ1) is 11.1. The number of nitrogens with two attached hydrogens (primary N) is 1. The molecule has 0 heterocycles. The number of hydrogen-bond donors (Lipinski definition) is 1. The third-order valence-electron chi connectivity index (χ3n) is 2.03. The fraction of sp³-hybridized carbons (Fsp3) is 0. The van der Waals surface area contributed by atoms with Gasteiger partial charge in [0.15, 0.2) is 5.75 Å². The zero-order chi connectivity index (χ0) is 11.5. The predicted molar refractivity (Wildman–Crippen MR) is 67.4 cm³/mol. The molecule has 0 amide bonds. The van der Waals surface area contributed by atoms with Crippen LogP contribution in [0.15, 0.2) is 42.5 Å². The van der Waals surface area contributed by atoms with Crippen LogP contribution in [0.25, 0.3) is 0 Å². The molecule has 0 unspecified atom stereocenters. The normalized spacial score (nSPS) is 10.1. The summed E-state index contributed by atoms with van der Waals surface area (Å²) in [4.78, 5) is 0. The van der Waals surface area contributed by atoms with E-state index in [0.29, 0.717) is 27.2 Å². The number of nitrogen functional groups attached to an aromatic ring is 1. The summed E-state index contributed by atoms with van der Waals surface area (Å²) in [6.07, 6.45) is 0. The molecule has 0 aromatic heterocycles. The van der Waals surface area contributed by atoms with Gasteiger partial charge >= 0.3 is 0 Å². The summed E-state index contributed by atoms with van der Waals surface area (Å²) >= 11 is 11.8. The van der Waals surface area contributed by atoms with Crippen LogP contribution in [0.4, 0.5) is 5.69 Å². The van der Waals surface area contributed by atoms with Crippen molar-refractivity contribution >= 4 is 28.9 Å². The van der Waals surface area contributed by atoms with Gasteiger partial charge in [-0.15, -0.1) is 0 Å². The molecule has 0 aliphatic rings. The minimum atomic E-state index is 0.464. The van der Waals surface area contributed by atoms with Gasteiger partial charge in [0, 0.05) is 5.02 Å². The zero-order valence-corrected chi connectivity index (χ0v) is 9.79. The summed E-state index contributed by atoms with van der Waals surface area (Å²) in [5.74, 6) is 1.11. The Labute approximate surface area is 104 Å². The molecule has 2 nitrogen and oxygen atoms in total. The van der Waals surface area contributed by atoms with E-state index in [1.807, 2.05) is 0 Å². The van der Waals surface area contributed by atoms with E-state index in [2.05, 4.69) is 0 Å². The molecule has 4 heteroatoms. The van der Waals surface area contributed by atoms with Gasteiger partial charge in [-0.05, 0) is 36.4 Å². The zero-order valence-electron chi connectivity index (χ0n) is 8.28. The number of ether oxygens (including phenoxy) is 1. The second-order valence-electron chi connectivity index (χ2n) is 3.21. The van der Waals surface area contributed by atoms with Crippen molar-refractivity contribution in [2.45, 2.75) is 0 Å². The van der Waals surface area contributed by atoms with Gasteiger partial charge in [0.05, 0.1) is 10.7 Å². The van der Waals surface area contributed by atoms with Crippen LogP contribution in [-0.2, 0) is 0 Å². The third kappa shape index (κ3) is 2.40. The Kier molecular flexibility index (Phi) is 3.22. The molecule has 2 N–H and O–H groups in total. The highest BCUT2D eigenvalue weighted by atomic mass is 35.5. The molecule has 0 fully saturated rings. The van der Waals surface area contributed by atoms with E-state index in [1.54, 1.807) is 42.5 Å². The fourth-order valence-corrected chi connectivity index (χ4v) is 1.60. The SMILES string of the molecule is Nc1cccc(Cl)c1Oc1ccc(Cl)cc1. The van der Waals surface area contributed by atoms with Crippen LogP contribution in [-0.4, -0.2) is 0 Å². The molecule has 0 atom stereocenters. The monoisotopic (exact) mass is 253 g/mol. The lowest BCUT2D eigenvalue weighted by Gasteiger charge is -2.09. The third-order valence-corrected chi connectivity index (χ3v) is 2.58. The van der Waals surface area contributed by atoms with E-state index in [-0.39, 0.29) is 0 Å². The van der Waals surface area contributed by atoms with Gasteiger partial charge in [0.1, 0.15) is 5.75 Å². The Balaban J connectivity index is 2.30. The molecule has 0 aliphatic heterocycles. The molecule has 0 saturated carbocycles. The first-order chi connectivity index (χ1) is 7.66. The number of hydrogen-bond acceptors (Lipinski definition) is 2. The lowest BCUT2D eigenvalue weighted by atomic mass is 10.3. The molecule has 0 saturated heterocycles. The summed E-state index contributed by atoms with van der Waals surface area (Å²) < 4.78 is 5.58. The first-order valence-corrected chi connectivity index (χ1v) is 5.40. The molecular weight excluding hydrogens is 245 g/mol. The Hall–Kier alpha value is -1.38. The Morgan fingerprint density at radius 2 is 1.62 bits per heavy atom. The van der Waals surface area contributed by atoms with E-state index in [0.717, 1.165) is 0 Å². The van der Waals surface area contributed by atoms with Crippen molar-refractivity contribution in [3.8, 4) is 11.5 Å². The van der Waals surface area contributed by atoms with Crippen molar-refractivity contribution in [1.82, 2.24) is 0 Å². The summed E-state index contributed by atoms with van der Waals surface area (Å²) in [5.41, 5.74) is 6.27. The van der Waals surface area contributed by atoms with Gasteiger partial charge < -0.3 is 10.5 Å². The number of rotatable bonds is 2. The molecule has 2 rings (SSSR count). The highest BCUT2D eigenvalue weighted by Gasteiger charge is 2.06.